The van der Waals surface area contributed by atoms with E-state index in [0.717, 1.165) is 31.4 Å². The van der Waals surface area contributed by atoms with Crippen molar-refractivity contribution < 1.29 is 13.9 Å². The first kappa shape index (κ1) is 18.1. The van der Waals surface area contributed by atoms with Crippen molar-refractivity contribution in [2.45, 2.75) is 38.3 Å². The van der Waals surface area contributed by atoms with Gasteiger partial charge in [-0.2, -0.15) is 0 Å². The molecule has 0 spiro atoms. The third kappa shape index (κ3) is 2.97. The molecule has 2 atom stereocenters. The lowest BCUT2D eigenvalue weighted by Gasteiger charge is -2.27. The number of carbonyl (C=O) groups is 1. The van der Waals surface area contributed by atoms with Gasteiger partial charge >= 0.3 is 0 Å². The summed E-state index contributed by atoms with van der Waals surface area (Å²) < 4.78 is 11.7. The van der Waals surface area contributed by atoms with Crippen LogP contribution in [0, 0.1) is 0 Å². The van der Waals surface area contributed by atoms with E-state index in [1.165, 1.54) is 5.56 Å². The van der Waals surface area contributed by atoms with Gasteiger partial charge in [-0.25, -0.2) is 0 Å². The molecular formula is C24H23NO4. The number of carbonyl (C=O) groups excluding carboxylic acids is 1. The predicted molar refractivity (Wildman–Crippen MR) is 110 cm³/mol. The van der Waals surface area contributed by atoms with E-state index in [4.69, 9.17) is 9.15 Å². The summed E-state index contributed by atoms with van der Waals surface area (Å²) in [6, 6.07) is 14.8. The van der Waals surface area contributed by atoms with Crippen molar-refractivity contribution in [3.63, 3.8) is 0 Å². The van der Waals surface area contributed by atoms with Crippen LogP contribution in [0.15, 0.2) is 57.7 Å². The second-order valence-corrected chi connectivity index (χ2v) is 7.76. The maximum atomic E-state index is 13.4. The van der Waals surface area contributed by atoms with Gasteiger partial charge in [0.15, 0.2) is 5.43 Å². The molecule has 0 bridgehead atoms. The van der Waals surface area contributed by atoms with Crippen molar-refractivity contribution in [3.05, 3.63) is 81.2 Å². The van der Waals surface area contributed by atoms with Gasteiger partial charge in [-0.3, -0.25) is 9.59 Å². The third-order valence-electron chi connectivity index (χ3n) is 6.00. The van der Waals surface area contributed by atoms with Crippen LogP contribution in [0.1, 0.15) is 53.1 Å². The van der Waals surface area contributed by atoms with Gasteiger partial charge in [-0.1, -0.05) is 43.3 Å². The van der Waals surface area contributed by atoms with E-state index in [9.17, 15) is 9.59 Å². The highest BCUT2D eigenvalue weighted by atomic mass is 16.5. The molecule has 0 N–H and O–H groups in total. The monoisotopic (exact) mass is 389 g/mol. The van der Waals surface area contributed by atoms with Crippen molar-refractivity contribution in [3.8, 4) is 0 Å². The smallest absolute Gasteiger partial charge is 0.291 e. The standard InChI is InChI=1S/C24H23NO4/c1-2-15-9-11-16(12-10-15)21-20-22(26)18-7-3-4-8-19(18)29-23(20)24(27)25(21)14-17-6-5-13-28-17/h3-4,7-12,17,21H,2,5-6,13-14H2,1H3. The summed E-state index contributed by atoms with van der Waals surface area (Å²) in [5.41, 5.74) is 2.90. The van der Waals surface area contributed by atoms with Gasteiger partial charge in [0.05, 0.1) is 23.1 Å². The second-order valence-electron chi connectivity index (χ2n) is 7.76. The van der Waals surface area contributed by atoms with Gasteiger partial charge < -0.3 is 14.1 Å². The van der Waals surface area contributed by atoms with Crippen LogP contribution >= 0.6 is 0 Å². The molecule has 1 aromatic heterocycles. The van der Waals surface area contributed by atoms with Gasteiger partial charge in [0.1, 0.15) is 5.58 Å². The molecule has 29 heavy (non-hydrogen) atoms. The minimum Gasteiger partial charge on any atom is -0.450 e. The molecule has 3 aromatic rings. The molecule has 1 saturated heterocycles. The zero-order valence-corrected chi connectivity index (χ0v) is 16.4. The Morgan fingerprint density at radius 2 is 1.86 bits per heavy atom. The topological polar surface area (TPSA) is 59.8 Å². The number of hydrogen-bond acceptors (Lipinski definition) is 4. The number of rotatable bonds is 4. The Morgan fingerprint density at radius 1 is 1.07 bits per heavy atom. The number of amides is 1. The Hall–Kier alpha value is -2.92. The number of fused-ring (bicyclic) bond motifs is 2. The average molecular weight is 389 g/mol. The lowest BCUT2D eigenvalue weighted by Crippen LogP contribution is -2.36. The van der Waals surface area contributed by atoms with E-state index in [1.807, 2.05) is 24.3 Å². The highest BCUT2D eigenvalue weighted by Crippen LogP contribution is 2.39. The largest absolute Gasteiger partial charge is 0.450 e. The first-order valence-electron chi connectivity index (χ1n) is 10.2. The van der Waals surface area contributed by atoms with Crippen molar-refractivity contribution in [1.82, 2.24) is 4.90 Å². The van der Waals surface area contributed by atoms with Gasteiger partial charge in [-0.15, -0.1) is 0 Å². The van der Waals surface area contributed by atoms with E-state index >= 15 is 0 Å². The van der Waals surface area contributed by atoms with Crippen LogP contribution in [0.25, 0.3) is 11.0 Å². The fourth-order valence-electron chi connectivity index (χ4n) is 4.45. The van der Waals surface area contributed by atoms with Crippen molar-refractivity contribution in [1.29, 1.82) is 0 Å². The quantitative estimate of drug-likeness (QED) is 0.675. The van der Waals surface area contributed by atoms with Gasteiger partial charge in [0.25, 0.3) is 5.91 Å². The summed E-state index contributed by atoms with van der Waals surface area (Å²) in [6.07, 6.45) is 2.85. The van der Waals surface area contributed by atoms with Crippen molar-refractivity contribution in [2.75, 3.05) is 13.2 Å². The Labute approximate surface area is 168 Å². The second kappa shape index (κ2) is 7.16. The van der Waals surface area contributed by atoms with E-state index in [1.54, 1.807) is 17.0 Å². The Kier molecular flexibility index (Phi) is 4.47. The minimum absolute atomic E-state index is 0.00445. The predicted octanol–water partition coefficient (Wildman–Crippen LogP) is 4.08. The molecule has 5 nitrogen and oxygen atoms in total. The lowest BCUT2D eigenvalue weighted by molar-refractivity contribution is 0.0486. The van der Waals surface area contributed by atoms with E-state index in [-0.39, 0.29) is 23.2 Å². The van der Waals surface area contributed by atoms with Crippen molar-refractivity contribution >= 4 is 16.9 Å². The lowest BCUT2D eigenvalue weighted by atomic mass is 9.97. The van der Waals surface area contributed by atoms with Gasteiger partial charge in [-0.05, 0) is 42.5 Å². The van der Waals surface area contributed by atoms with Crippen LogP contribution in [0.4, 0.5) is 0 Å². The zero-order valence-electron chi connectivity index (χ0n) is 16.4. The Balaban J connectivity index is 1.68. The molecule has 1 amide bonds. The molecular weight excluding hydrogens is 366 g/mol. The molecule has 0 aliphatic carbocycles. The summed E-state index contributed by atoms with van der Waals surface area (Å²) in [7, 11) is 0. The van der Waals surface area contributed by atoms with Crippen LogP contribution in [-0.2, 0) is 11.2 Å². The highest BCUT2D eigenvalue weighted by molar-refractivity contribution is 5.99. The molecule has 5 heteroatoms. The minimum atomic E-state index is -0.450. The van der Waals surface area contributed by atoms with E-state index < -0.39 is 6.04 Å². The fraction of sp³-hybridized carbons (Fsp3) is 0.333. The summed E-state index contributed by atoms with van der Waals surface area (Å²) in [4.78, 5) is 28.5. The van der Waals surface area contributed by atoms with Crippen LogP contribution < -0.4 is 5.43 Å². The summed E-state index contributed by atoms with van der Waals surface area (Å²) >= 11 is 0. The summed E-state index contributed by atoms with van der Waals surface area (Å²) in [5, 5.41) is 0.508. The Morgan fingerprint density at radius 3 is 2.59 bits per heavy atom. The number of nitrogens with zero attached hydrogens (tertiary/aromatic N) is 1. The van der Waals surface area contributed by atoms with Crippen molar-refractivity contribution in [2.24, 2.45) is 0 Å². The molecule has 148 valence electrons. The van der Waals surface area contributed by atoms with Crippen LogP contribution in [0.2, 0.25) is 0 Å². The first-order valence-corrected chi connectivity index (χ1v) is 10.2. The number of hydrogen-bond donors (Lipinski definition) is 0. The molecule has 2 aliphatic heterocycles. The van der Waals surface area contributed by atoms with Crippen LogP contribution in [0.3, 0.4) is 0 Å². The third-order valence-corrected chi connectivity index (χ3v) is 6.00. The first-order chi connectivity index (χ1) is 14.2. The number of benzene rings is 2. The summed E-state index contributed by atoms with van der Waals surface area (Å²) in [5.74, 6) is -0.0702. The number of ether oxygens (including phenoxy) is 1. The normalized spacial score (nSPS) is 21.1. The van der Waals surface area contributed by atoms with Crippen LogP contribution in [0.5, 0.6) is 0 Å². The number of para-hydroxylation sites is 1. The van der Waals surface area contributed by atoms with E-state index in [2.05, 4.69) is 19.1 Å². The Bertz CT molecular complexity index is 1130. The molecule has 2 aliphatic rings. The fourth-order valence-corrected chi connectivity index (χ4v) is 4.45. The van der Waals surface area contributed by atoms with Crippen LogP contribution in [-0.4, -0.2) is 30.1 Å². The zero-order chi connectivity index (χ0) is 20.0. The summed E-state index contributed by atoms with van der Waals surface area (Å²) in [6.45, 7) is 3.28. The molecule has 0 radical (unpaired) electrons. The van der Waals surface area contributed by atoms with Gasteiger partial charge in [0, 0.05) is 13.2 Å². The molecule has 1 fully saturated rings. The van der Waals surface area contributed by atoms with E-state index in [0.29, 0.717) is 23.1 Å². The molecule has 3 heterocycles. The average Bonchev–Trinajstić information content (AvgIpc) is 3.36. The van der Waals surface area contributed by atoms with Gasteiger partial charge in [0.2, 0.25) is 5.76 Å². The molecule has 0 saturated carbocycles. The molecule has 2 unspecified atom stereocenters. The molecule has 2 aromatic carbocycles. The highest BCUT2D eigenvalue weighted by Gasteiger charge is 2.43. The number of aryl methyl sites for hydroxylation is 1. The SMILES string of the molecule is CCc1ccc(C2c3c(oc4ccccc4c3=O)C(=O)N2CC2CCCO2)cc1. The maximum Gasteiger partial charge on any atom is 0.291 e. The molecule has 5 rings (SSSR count). The maximum absolute atomic E-state index is 13.4.